The summed E-state index contributed by atoms with van der Waals surface area (Å²) < 4.78 is 0. The minimum Gasteiger partial charge on any atom is -0.362 e. The van der Waals surface area contributed by atoms with E-state index in [0.717, 1.165) is 5.56 Å². The second kappa shape index (κ2) is 5.34. The molecule has 0 radical (unpaired) electrons. The third kappa shape index (κ3) is 3.08. The first kappa shape index (κ1) is 12.1. The van der Waals surface area contributed by atoms with Crippen LogP contribution in [0, 0.1) is 0 Å². The lowest BCUT2D eigenvalue weighted by Gasteiger charge is -2.15. The molecule has 1 N–H and O–H groups in total. The van der Waals surface area contributed by atoms with Gasteiger partial charge in [-0.15, -0.1) is 0 Å². The summed E-state index contributed by atoms with van der Waals surface area (Å²) in [5.41, 5.74) is 1.15. The molecule has 17 heavy (non-hydrogen) atoms. The van der Waals surface area contributed by atoms with E-state index in [0.29, 0.717) is 10.8 Å². The highest BCUT2D eigenvalue weighted by atomic mass is 35.5. The highest BCUT2D eigenvalue weighted by molar-refractivity contribution is 6.33. The summed E-state index contributed by atoms with van der Waals surface area (Å²) in [4.78, 5) is 7.85. The third-order valence-electron chi connectivity index (χ3n) is 2.37. The van der Waals surface area contributed by atoms with E-state index in [1.165, 1.54) is 6.20 Å². The summed E-state index contributed by atoms with van der Waals surface area (Å²) in [7, 11) is 0. The molecule has 0 amide bonds. The Kier molecular flexibility index (Phi) is 3.82. The Morgan fingerprint density at radius 2 is 1.88 bits per heavy atom. The van der Waals surface area contributed by atoms with Gasteiger partial charge in [-0.3, -0.25) is 0 Å². The summed E-state index contributed by atoms with van der Waals surface area (Å²) >= 11 is 11.7. The van der Waals surface area contributed by atoms with Gasteiger partial charge in [0.2, 0.25) is 5.28 Å². The molecule has 0 fully saturated rings. The smallest absolute Gasteiger partial charge is 0.224 e. The standard InChI is InChI=1S/C12H11Cl2N3/c1-8(9-5-3-2-4-6-9)16-11-10(13)7-15-12(14)17-11/h2-8H,1H3,(H,15,16,17)/t8-/m1/s1. The van der Waals surface area contributed by atoms with Crippen molar-refractivity contribution in [2.24, 2.45) is 0 Å². The highest BCUT2D eigenvalue weighted by Gasteiger charge is 2.09. The number of hydrogen-bond donors (Lipinski definition) is 1. The first-order chi connectivity index (χ1) is 8.16. The molecule has 2 aromatic rings. The molecule has 1 heterocycles. The van der Waals surface area contributed by atoms with Crippen LogP contribution in [0.15, 0.2) is 36.5 Å². The molecule has 1 atom stereocenters. The Morgan fingerprint density at radius 1 is 1.18 bits per heavy atom. The Balaban J connectivity index is 2.18. The van der Waals surface area contributed by atoms with Crippen LogP contribution in [0.4, 0.5) is 5.82 Å². The van der Waals surface area contributed by atoms with Crippen molar-refractivity contribution in [2.75, 3.05) is 5.32 Å². The van der Waals surface area contributed by atoms with Crippen molar-refractivity contribution >= 4 is 29.0 Å². The van der Waals surface area contributed by atoms with Crippen molar-refractivity contribution in [1.82, 2.24) is 9.97 Å². The van der Waals surface area contributed by atoms with Crippen LogP contribution in [-0.2, 0) is 0 Å². The molecule has 5 heteroatoms. The second-order valence-electron chi connectivity index (χ2n) is 3.61. The molecule has 1 aromatic heterocycles. The van der Waals surface area contributed by atoms with Gasteiger partial charge in [-0.2, -0.15) is 4.98 Å². The second-order valence-corrected chi connectivity index (χ2v) is 4.36. The Labute approximate surface area is 110 Å². The molecule has 0 spiro atoms. The monoisotopic (exact) mass is 267 g/mol. The number of nitrogens with zero attached hydrogens (tertiary/aromatic N) is 2. The number of rotatable bonds is 3. The van der Waals surface area contributed by atoms with Gasteiger partial charge in [0.1, 0.15) is 10.8 Å². The fourth-order valence-electron chi connectivity index (χ4n) is 1.48. The van der Waals surface area contributed by atoms with Gasteiger partial charge in [-0.05, 0) is 24.1 Å². The summed E-state index contributed by atoms with van der Waals surface area (Å²) in [6.45, 7) is 2.03. The van der Waals surface area contributed by atoms with Crippen LogP contribution in [0.2, 0.25) is 10.3 Å². The zero-order valence-electron chi connectivity index (χ0n) is 9.19. The number of anilines is 1. The predicted molar refractivity (Wildman–Crippen MR) is 70.5 cm³/mol. The molecule has 0 unspecified atom stereocenters. The van der Waals surface area contributed by atoms with Gasteiger partial charge >= 0.3 is 0 Å². The fourth-order valence-corrected chi connectivity index (χ4v) is 1.76. The van der Waals surface area contributed by atoms with Crippen molar-refractivity contribution < 1.29 is 0 Å². The minimum atomic E-state index is 0.0969. The lowest BCUT2D eigenvalue weighted by molar-refractivity contribution is 0.872. The van der Waals surface area contributed by atoms with Crippen LogP contribution in [-0.4, -0.2) is 9.97 Å². The molecule has 1 aromatic carbocycles. The van der Waals surface area contributed by atoms with E-state index in [4.69, 9.17) is 23.2 Å². The first-order valence-corrected chi connectivity index (χ1v) is 5.92. The molecule has 88 valence electrons. The molecular formula is C12H11Cl2N3. The molecule has 0 aliphatic heterocycles. The highest BCUT2D eigenvalue weighted by Crippen LogP contribution is 2.24. The fraction of sp³-hybridized carbons (Fsp3) is 0.167. The predicted octanol–water partition coefficient (Wildman–Crippen LogP) is 3.96. The summed E-state index contributed by atoms with van der Waals surface area (Å²) in [5.74, 6) is 0.544. The average Bonchev–Trinajstić information content (AvgIpc) is 2.35. The van der Waals surface area contributed by atoms with E-state index in [9.17, 15) is 0 Å². The topological polar surface area (TPSA) is 37.8 Å². The maximum atomic E-state index is 5.98. The van der Waals surface area contributed by atoms with E-state index in [-0.39, 0.29) is 11.3 Å². The quantitative estimate of drug-likeness (QED) is 0.856. The van der Waals surface area contributed by atoms with E-state index < -0.39 is 0 Å². The maximum absolute atomic E-state index is 5.98. The first-order valence-electron chi connectivity index (χ1n) is 5.16. The van der Waals surface area contributed by atoms with E-state index in [1.807, 2.05) is 37.3 Å². The average molecular weight is 268 g/mol. The Hall–Kier alpha value is -1.32. The summed E-state index contributed by atoms with van der Waals surface area (Å²) in [5, 5.41) is 3.83. The van der Waals surface area contributed by atoms with E-state index in [2.05, 4.69) is 15.3 Å². The van der Waals surface area contributed by atoms with Gasteiger partial charge in [0, 0.05) is 6.04 Å². The van der Waals surface area contributed by atoms with Crippen molar-refractivity contribution in [3.63, 3.8) is 0 Å². The Bertz CT molecular complexity index is 502. The molecule has 3 nitrogen and oxygen atoms in total. The largest absolute Gasteiger partial charge is 0.362 e. The van der Waals surface area contributed by atoms with Gasteiger partial charge in [0.15, 0.2) is 0 Å². The maximum Gasteiger partial charge on any atom is 0.224 e. The number of aromatic nitrogens is 2. The van der Waals surface area contributed by atoms with Crippen molar-refractivity contribution in [1.29, 1.82) is 0 Å². The zero-order valence-corrected chi connectivity index (χ0v) is 10.7. The van der Waals surface area contributed by atoms with Crippen molar-refractivity contribution in [2.45, 2.75) is 13.0 Å². The van der Waals surface area contributed by atoms with Gasteiger partial charge in [0.05, 0.1) is 6.20 Å². The number of hydrogen-bond acceptors (Lipinski definition) is 3. The van der Waals surface area contributed by atoms with Crippen LogP contribution >= 0.6 is 23.2 Å². The van der Waals surface area contributed by atoms with Crippen molar-refractivity contribution in [3.05, 3.63) is 52.4 Å². The normalized spacial score (nSPS) is 12.2. The lowest BCUT2D eigenvalue weighted by Crippen LogP contribution is -2.08. The van der Waals surface area contributed by atoms with Gasteiger partial charge < -0.3 is 5.32 Å². The van der Waals surface area contributed by atoms with Crippen LogP contribution < -0.4 is 5.32 Å². The molecule has 0 aliphatic carbocycles. The van der Waals surface area contributed by atoms with Crippen LogP contribution in [0.3, 0.4) is 0 Å². The molecule has 0 aliphatic rings. The van der Waals surface area contributed by atoms with Gasteiger partial charge in [-0.25, -0.2) is 4.98 Å². The molecule has 0 bridgehead atoms. The third-order valence-corrected chi connectivity index (χ3v) is 2.83. The van der Waals surface area contributed by atoms with Gasteiger partial charge in [0.25, 0.3) is 0 Å². The molecule has 2 rings (SSSR count). The van der Waals surface area contributed by atoms with Crippen LogP contribution in [0.25, 0.3) is 0 Å². The number of nitrogens with one attached hydrogen (secondary N) is 1. The van der Waals surface area contributed by atoms with Crippen molar-refractivity contribution in [3.8, 4) is 0 Å². The Morgan fingerprint density at radius 3 is 2.59 bits per heavy atom. The molecular weight excluding hydrogens is 257 g/mol. The lowest BCUT2D eigenvalue weighted by atomic mass is 10.1. The minimum absolute atomic E-state index is 0.0969. The zero-order chi connectivity index (χ0) is 12.3. The molecule has 0 saturated heterocycles. The SMILES string of the molecule is C[C@@H](Nc1nc(Cl)ncc1Cl)c1ccccc1. The number of benzene rings is 1. The van der Waals surface area contributed by atoms with Crippen LogP contribution in [0.5, 0.6) is 0 Å². The molecule has 0 saturated carbocycles. The van der Waals surface area contributed by atoms with Gasteiger partial charge in [-0.1, -0.05) is 41.9 Å². The summed E-state index contributed by atoms with van der Waals surface area (Å²) in [6, 6.07) is 10.1. The summed E-state index contributed by atoms with van der Waals surface area (Å²) in [6.07, 6.45) is 1.48. The number of halogens is 2. The van der Waals surface area contributed by atoms with E-state index >= 15 is 0 Å². The van der Waals surface area contributed by atoms with E-state index in [1.54, 1.807) is 0 Å². The van der Waals surface area contributed by atoms with Crippen LogP contribution in [0.1, 0.15) is 18.5 Å².